The predicted octanol–water partition coefficient (Wildman–Crippen LogP) is 2.17. The number of fused-ring (bicyclic) bond motifs is 1. The number of hydrogen-bond acceptors (Lipinski definition) is 4. The lowest BCUT2D eigenvalue weighted by Gasteiger charge is -2.01. The van der Waals surface area contributed by atoms with Crippen LogP contribution < -0.4 is 5.32 Å². The van der Waals surface area contributed by atoms with E-state index in [1.807, 2.05) is 41.9 Å². The van der Waals surface area contributed by atoms with E-state index in [0.29, 0.717) is 36.7 Å². The van der Waals surface area contributed by atoms with Crippen molar-refractivity contribution in [1.29, 1.82) is 0 Å². The van der Waals surface area contributed by atoms with Gasteiger partial charge in [0.1, 0.15) is 5.65 Å². The Morgan fingerprint density at radius 1 is 1.36 bits per heavy atom. The van der Waals surface area contributed by atoms with Gasteiger partial charge in [0.25, 0.3) is 5.91 Å². The largest absolute Gasteiger partial charge is 0.435 e. The second-order valence-corrected chi connectivity index (χ2v) is 5.08. The SMILES string of the molecule is CCc1nc(C)c(C(=O)NCCc2cn3ccccc3n2)o1. The Kier molecular flexibility index (Phi) is 3.91. The molecular formula is C16H18N4O2. The summed E-state index contributed by atoms with van der Waals surface area (Å²) in [7, 11) is 0. The average molecular weight is 298 g/mol. The Morgan fingerprint density at radius 3 is 2.95 bits per heavy atom. The highest BCUT2D eigenvalue weighted by Gasteiger charge is 2.16. The van der Waals surface area contributed by atoms with Crippen molar-refractivity contribution in [1.82, 2.24) is 19.7 Å². The normalized spacial score (nSPS) is 11.0. The van der Waals surface area contributed by atoms with E-state index < -0.39 is 0 Å². The molecule has 0 aliphatic carbocycles. The Labute approximate surface area is 128 Å². The maximum absolute atomic E-state index is 12.1. The highest BCUT2D eigenvalue weighted by atomic mass is 16.4. The van der Waals surface area contributed by atoms with Crippen LogP contribution >= 0.6 is 0 Å². The number of oxazole rings is 1. The fraction of sp³-hybridized carbons (Fsp3) is 0.312. The Hall–Kier alpha value is -2.63. The Morgan fingerprint density at radius 2 is 2.23 bits per heavy atom. The molecule has 1 N–H and O–H groups in total. The van der Waals surface area contributed by atoms with Gasteiger partial charge in [-0.05, 0) is 19.1 Å². The summed E-state index contributed by atoms with van der Waals surface area (Å²) in [5.41, 5.74) is 2.47. The molecule has 0 bridgehead atoms. The maximum Gasteiger partial charge on any atom is 0.289 e. The fourth-order valence-corrected chi connectivity index (χ4v) is 2.31. The molecule has 22 heavy (non-hydrogen) atoms. The first-order chi connectivity index (χ1) is 10.7. The minimum Gasteiger partial charge on any atom is -0.435 e. The number of aryl methyl sites for hydroxylation is 2. The van der Waals surface area contributed by atoms with E-state index in [9.17, 15) is 4.79 Å². The number of hydrogen-bond donors (Lipinski definition) is 1. The van der Waals surface area contributed by atoms with Gasteiger partial charge >= 0.3 is 0 Å². The van der Waals surface area contributed by atoms with Crippen molar-refractivity contribution in [2.24, 2.45) is 0 Å². The predicted molar refractivity (Wildman–Crippen MR) is 81.8 cm³/mol. The van der Waals surface area contributed by atoms with Crippen LogP contribution in [0.25, 0.3) is 5.65 Å². The number of rotatable bonds is 5. The molecule has 3 heterocycles. The van der Waals surface area contributed by atoms with E-state index in [1.54, 1.807) is 6.92 Å². The zero-order chi connectivity index (χ0) is 15.5. The molecule has 3 aromatic rings. The molecule has 0 aromatic carbocycles. The van der Waals surface area contributed by atoms with Crippen LogP contribution in [0.15, 0.2) is 35.0 Å². The van der Waals surface area contributed by atoms with Gasteiger partial charge in [-0.2, -0.15) is 0 Å². The molecule has 0 radical (unpaired) electrons. The number of amides is 1. The van der Waals surface area contributed by atoms with Gasteiger partial charge < -0.3 is 14.1 Å². The molecule has 114 valence electrons. The number of aromatic nitrogens is 3. The number of nitrogens with one attached hydrogen (secondary N) is 1. The summed E-state index contributed by atoms with van der Waals surface area (Å²) in [4.78, 5) is 20.8. The number of imidazole rings is 1. The van der Waals surface area contributed by atoms with Crippen LogP contribution in [0, 0.1) is 6.92 Å². The molecule has 0 aliphatic heterocycles. The van der Waals surface area contributed by atoms with Gasteiger partial charge in [0, 0.05) is 31.8 Å². The van der Waals surface area contributed by atoms with Gasteiger partial charge in [0.15, 0.2) is 5.89 Å². The molecule has 0 unspecified atom stereocenters. The van der Waals surface area contributed by atoms with Crippen molar-refractivity contribution < 1.29 is 9.21 Å². The lowest BCUT2D eigenvalue weighted by atomic mass is 10.3. The third-order valence-corrected chi connectivity index (χ3v) is 3.43. The molecule has 6 heteroatoms. The minimum atomic E-state index is -0.228. The van der Waals surface area contributed by atoms with Gasteiger partial charge in [-0.15, -0.1) is 0 Å². The summed E-state index contributed by atoms with van der Waals surface area (Å²) in [5.74, 6) is 0.656. The molecule has 0 saturated heterocycles. The van der Waals surface area contributed by atoms with Crippen LogP contribution in [0.1, 0.15) is 34.8 Å². The molecule has 0 fully saturated rings. The van der Waals surface area contributed by atoms with Gasteiger partial charge in [0.05, 0.1) is 11.4 Å². The third-order valence-electron chi connectivity index (χ3n) is 3.43. The van der Waals surface area contributed by atoms with Crippen molar-refractivity contribution >= 4 is 11.6 Å². The molecule has 0 spiro atoms. The molecule has 0 aliphatic rings. The number of carbonyl (C=O) groups is 1. The van der Waals surface area contributed by atoms with Crippen LogP contribution in [0.2, 0.25) is 0 Å². The highest BCUT2D eigenvalue weighted by molar-refractivity contribution is 5.92. The smallest absolute Gasteiger partial charge is 0.289 e. The van der Waals surface area contributed by atoms with Crippen LogP contribution in [0.3, 0.4) is 0 Å². The van der Waals surface area contributed by atoms with E-state index in [1.165, 1.54) is 0 Å². The minimum absolute atomic E-state index is 0.228. The third kappa shape index (κ3) is 2.86. The summed E-state index contributed by atoms with van der Waals surface area (Å²) in [5, 5.41) is 2.85. The summed E-state index contributed by atoms with van der Waals surface area (Å²) < 4.78 is 7.40. The molecule has 1 amide bonds. The van der Waals surface area contributed by atoms with Gasteiger partial charge in [-0.25, -0.2) is 9.97 Å². The monoisotopic (exact) mass is 298 g/mol. The van der Waals surface area contributed by atoms with E-state index in [0.717, 1.165) is 11.3 Å². The zero-order valence-electron chi connectivity index (χ0n) is 12.7. The van der Waals surface area contributed by atoms with E-state index >= 15 is 0 Å². The molecular weight excluding hydrogens is 280 g/mol. The van der Waals surface area contributed by atoms with Crippen LogP contribution in [-0.4, -0.2) is 26.8 Å². The zero-order valence-corrected chi connectivity index (χ0v) is 12.7. The number of nitrogens with zero attached hydrogens (tertiary/aromatic N) is 3. The van der Waals surface area contributed by atoms with Gasteiger partial charge in [0.2, 0.25) is 5.76 Å². The van der Waals surface area contributed by atoms with E-state index in [4.69, 9.17) is 4.42 Å². The van der Waals surface area contributed by atoms with Crippen LogP contribution in [0.5, 0.6) is 0 Å². The van der Waals surface area contributed by atoms with Crippen LogP contribution in [-0.2, 0) is 12.8 Å². The van der Waals surface area contributed by atoms with Crippen molar-refractivity contribution in [3.05, 3.63) is 53.6 Å². The molecule has 0 saturated carbocycles. The molecule has 3 aromatic heterocycles. The van der Waals surface area contributed by atoms with Crippen LogP contribution in [0.4, 0.5) is 0 Å². The Balaban J connectivity index is 1.60. The Bertz CT molecular complexity index is 770. The number of carbonyl (C=O) groups excluding carboxylic acids is 1. The maximum atomic E-state index is 12.1. The summed E-state index contributed by atoms with van der Waals surface area (Å²) >= 11 is 0. The second kappa shape index (κ2) is 6.01. The summed E-state index contributed by atoms with van der Waals surface area (Å²) in [6, 6.07) is 5.86. The van der Waals surface area contributed by atoms with Gasteiger partial charge in [-0.3, -0.25) is 4.79 Å². The van der Waals surface area contributed by atoms with Crippen molar-refractivity contribution in [3.8, 4) is 0 Å². The molecule has 6 nitrogen and oxygen atoms in total. The first kappa shape index (κ1) is 14.3. The quantitative estimate of drug-likeness (QED) is 0.783. The van der Waals surface area contributed by atoms with E-state index in [2.05, 4.69) is 15.3 Å². The molecule has 3 rings (SSSR count). The fourth-order valence-electron chi connectivity index (χ4n) is 2.31. The first-order valence-corrected chi connectivity index (χ1v) is 7.34. The number of pyridine rings is 1. The lowest BCUT2D eigenvalue weighted by Crippen LogP contribution is -2.26. The topological polar surface area (TPSA) is 72.4 Å². The molecule has 0 atom stereocenters. The second-order valence-electron chi connectivity index (χ2n) is 5.08. The average Bonchev–Trinajstić information content (AvgIpc) is 3.09. The summed E-state index contributed by atoms with van der Waals surface area (Å²) in [6.07, 6.45) is 5.27. The van der Waals surface area contributed by atoms with Gasteiger partial charge in [-0.1, -0.05) is 13.0 Å². The first-order valence-electron chi connectivity index (χ1n) is 7.34. The lowest BCUT2D eigenvalue weighted by molar-refractivity contribution is 0.0924. The van der Waals surface area contributed by atoms with E-state index in [-0.39, 0.29) is 5.91 Å². The van der Waals surface area contributed by atoms with Crippen molar-refractivity contribution in [2.45, 2.75) is 26.7 Å². The van der Waals surface area contributed by atoms with Crippen molar-refractivity contribution in [2.75, 3.05) is 6.54 Å². The summed E-state index contributed by atoms with van der Waals surface area (Å²) in [6.45, 7) is 4.22. The standard InChI is InChI=1S/C16H18N4O2/c1-3-14-18-11(2)15(22-14)16(21)17-8-7-12-10-20-9-5-4-6-13(20)19-12/h4-6,9-10H,3,7-8H2,1-2H3,(H,17,21). The highest BCUT2D eigenvalue weighted by Crippen LogP contribution is 2.10. The van der Waals surface area contributed by atoms with Crippen molar-refractivity contribution in [3.63, 3.8) is 0 Å².